The van der Waals surface area contributed by atoms with E-state index in [9.17, 15) is 0 Å². The highest BCUT2D eigenvalue weighted by atomic mass is 127. The minimum absolute atomic E-state index is 0. The van der Waals surface area contributed by atoms with Gasteiger partial charge >= 0.3 is 0 Å². The summed E-state index contributed by atoms with van der Waals surface area (Å²) in [6, 6.07) is 0. The molecule has 1 heterocycles. The van der Waals surface area contributed by atoms with Gasteiger partial charge in [-0.2, -0.15) is 5.10 Å². The highest BCUT2D eigenvalue weighted by Gasteiger charge is 2.20. The fraction of sp³-hybridized carbons (Fsp3) is 0.778. The summed E-state index contributed by atoms with van der Waals surface area (Å²) in [4.78, 5) is 4.35. The Morgan fingerprint density at radius 3 is 2.29 bits per heavy atom. The molecule has 138 valence electrons. The molecule has 0 amide bonds. The van der Waals surface area contributed by atoms with Crippen molar-refractivity contribution in [1.29, 1.82) is 0 Å². The summed E-state index contributed by atoms with van der Waals surface area (Å²) in [5.74, 6) is 2.64. The second-order valence-electron chi connectivity index (χ2n) is 6.87. The molecule has 0 radical (unpaired) electrons. The number of guanidine groups is 1. The maximum atomic E-state index is 4.47. The largest absolute Gasteiger partial charge is 0.356 e. The predicted molar refractivity (Wildman–Crippen MR) is 112 cm³/mol. The lowest BCUT2D eigenvalue weighted by Gasteiger charge is -2.28. The molecule has 2 rings (SSSR count). The van der Waals surface area contributed by atoms with Crippen LogP contribution in [-0.2, 0) is 13.6 Å². The number of aromatic nitrogens is 2. The smallest absolute Gasteiger partial charge is 0.191 e. The van der Waals surface area contributed by atoms with Crippen molar-refractivity contribution in [3.63, 3.8) is 0 Å². The van der Waals surface area contributed by atoms with Crippen molar-refractivity contribution >= 4 is 29.9 Å². The Bertz CT molecular complexity index is 530. The van der Waals surface area contributed by atoms with Gasteiger partial charge in [0.05, 0.1) is 5.69 Å². The van der Waals surface area contributed by atoms with Crippen LogP contribution in [0.5, 0.6) is 0 Å². The van der Waals surface area contributed by atoms with Gasteiger partial charge < -0.3 is 10.6 Å². The van der Waals surface area contributed by atoms with Gasteiger partial charge in [-0.15, -0.1) is 24.0 Å². The van der Waals surface area contributed by atoms with Gasteiger partial charge in [0.25, 0.3) is 0 Å². The molecule has 0 bridgehead atoms. The van der Waals surface area contributed by atoms with Crippen LogP contribution < -0.4 is 10.6 Å². The summed E-state index contributed by atoms with van der Waals surface area (Å²) in [7, 11) is 3.83. The molecule has 0 spiro atoms. The second-order valence-corrected chi connectivity index (χ2v) is 6.87. The minimum atomic E-state index is 0. The fourth-order valence-corrected chi connectivity index (χ4v) is 3.55. The number of nitrogens with one attached hydrogen (secondary N) is 2. The number of halogens is 1. The van der Waals surface area contributed by atoms with Crippen molar-refractivity contribution in [3.8, 4) is 0 Å². The van der Waals surface area contributed by atoms with E-state index in [-0.39, 0.29) is 24.0 Å². The lowest BCUT2D eigenvalue weighted by molar-refractivity contribution is 0.269. The van der Waals surface area contributed by atoms with Gasteiger partial charge in [-0.3, -0.25) is 9.67 Å². The molecule has 0 unspecified atom stereocenters. The van der Waals surface area contributed by atoms with E-state index < -0.39 is 0 Å². The molecule has 0 aliphatic heterocycles. The van der Waals surface area contributed by atoms with Crippen molar-refractivity contribution in [1.82, 2.24) is 20.4 Å². The van der Waals surface area contributed by atoms with Gasteiger partial charge in [0.1, 0.15) is 0 Å². The van der Waals surface area contributed by atoms with E-state index >= 15 is 0 Å². The maximum Gasteiger partial charge on any atom is 0.191 e. The molecule has 24 heavy (non-hydrogen) atoms. The summed E-state index contributed by atoms with van der Waals surface area (Å²) >= 11 is 0. The molecular formula is C18H34IN5. The van der Waals surface area contributed by atoms with Crippen LogP contribution in [0.3, 0.4) is 0 Å². The minimum Gasteiger partial charge on any atom is -0.356 e. The number of aliphatic imine (C=N–C) groups is 1. The highest BCUT2D eigenvalue weighted by molar-refractivity contribution is 14.0. The van der Waals surface area contributed by atoms with Crippen molar-refractivity contribution in [2.75, 3.05) is 13.6 Å². The third kappa shape index (κ3) is 5.63. The lowest BCUT2D eigenvalue weighted by Crippen LogP contribution is -2.40. The van der Waals surface area contributed by atoms with Gasteiger partial charge in [0.2, 0.25) is 0 Å². The molecule has 1 aromatic rings. The molecule has 6 heteroatoms. The van der Waals surface area contributed by atoms with Crippen LogP contribution >= 0.6 is 24.0 Å². The quantitative estimate of drug-likeness (QED) is 0.413. The van der Waals surface area contributed by atoms with Crippen LogP contribution in [0.2, 0.25) is 0 Å². The third-order valence-electron chi connectivity index (χ3n) is 5.42. The monoisotopic (exact) mass is 447 g/mol. The third-order valence-corrected chi connectivity index (χ3v) is 5.42. The Hall–Kier alpha value is -0.790. The Labute approximate surface area is 164 Å². The number of aryl methyl sites for hydroxylation is 2. The average Bonchev–Trinajstić information content (AvgIpc) is 2.81. The first-order valence-electron chi connectivity index (χ1n) is 8.98. The first kappa shape index (κ1) is 21.3. The number of hydrogen-bond acceptors (Lipinski definition) is 2. The molecule has 2 N–H and O–H groups in total. The van der Waals surface area contributed by atoms with Crippen LogP contribution in [-0.4, -0.2) is 29.3 Å². The van der Waals surface area contributed by atoms with Crippen LogP contribution in [0.25, 0.3) is 0 Å². The first-order valence-corrected chi connectivity index (χ1v) is 8.98. The molecule has 1 aliphatic rings. The predicted octanol–water partition coefficient (Wildman–Crippen LogP) is 3.54. The maximum absolute atomic E-state index is 4.47. The van der Waals surface area contributed by atoms with E-state index in [1.165, 1.54) is 43.4 Å². The van der Waals surface area contributed by atoms with Crippen LogP contribution in [0.15, 0.2) is 4.99 Å². The summed E-state index contributed by atoms with van der Waals surface area (Å²) < 4.78 is 1.94. The molecule has 1 aliphatic carbocycles. The molecule has 1 fully saturated rings. The van der Waals surface area contributed by atoms with E-state index in [1.54, 1.807) is 0 Å². The molecular weight excluding hydrogens is 413 g/mol. The normalized spacial score (nSPS) is 21.3. The molecule has 0 aromatic carbocycles. The van der Waals surface area contributed by atoms with Gasteiger partial charge in [-0.25, -0.2) is 0 Å². The van der Waals surface area contributed by atoms with Crippen LogP contribution in [0.1, 0.15) is 56.0 Å². The molecule has 1 saturated carbocycles. The zero-order valence-electron chi connectivity index (χ0n) is 15.9. The SMILES string of the molecule is CCC1CCC(CNC(=NC)NCc2c(C)nn(C)c2C)CC1.I. The first-order chi connectivity index (χ1) is 11.0. The van der Waals surface area contributed by atoms with Gasteiger partial charge in [-0.05, 0) is 38.5 Å². The van der Waals surface area contributed by atoms with Crippen LogP contribution in [0.4, 0.5) is 0 Å². The Kier molecular flexibility index (Phi) is 9.08. The van der Waals surface area contributed by atoms with E-state index in [0.717, 1.165) is 36.6 Å². The van der Waals surface area contributed by atoms with Crippen molar-refractivity contribution < 1.29 is 0 Å². The van der Waals surface area contributed by atoms with E-state index in [2.05, 4.69) is 41.5 Å². The van der Waals surface area contributed by atoms with Crippen molar-refractivity contribution in [3.05, 3.63) is 17.0 Å². The Morgan fingerprint density at radius 1 is 1.17 bits per heavy atom. The summed E-state index contributed by atoms with van der Waals surface area (Å²) in [5.41, 5.74) is 3.56. The molecule has 0 atom stereocenters. The highest BCUT2D eigenvalue weighted by Crippen LogP contribution is 2.30. The summed E-state index contributed by atoms with van der Waals surface area (Å²) in [5, 5.41) is 11.4. The van der Waals surface area contributed by atoms with E-state index in [1.807, 2.05) is 18.8 Å². The number of rotatable bonds is 5. The molecule has 5 nitrogen and oxygen atoms in total. The second kappa shape index (κ2) is 10.3. The summed E-state index contributed by atoms with van der Waals surface area (Å²) in [6.45, 7) is 8.29. The average molecular weight is 447 g/mol. The zero-order chi connectivity index (χ0) is 16.8. The zero-order valence-corrected chi connectivity index (χ0v) is 18.2. The number of nitrogens with zero attached hydrogens (tertiary/aromatic N) is 3. The topological polar surface area (TPSA) is 54.2 Å². The molecule has 0 saturated heterocycles. The van der Waals surface area contributed by atoms with E-state index in [0.29, 0.717) is 0 Å². The lowest BCUT2D eigenvalue weighted by atomic mass is 9.81. The standard InChI is InChI=1S/C18H33N5.HI/c1-6-15-7-9-16(10-8-15)11-20-18(19-4)21-12-17-13(2)22-23(5)14(17)3;/h15-16H,6-12H2,1-5H3,(H2,19,20,21);1H. The van der Waals surface area contributed by atoms with Gasteiger partial charge in [-0.1, -0.05) is 26.2 Å². The Balaban J connectivity index is 0.00000288. The Morgan fingerprint density at radius 2 is 1.79 bits per heavy atom. The van der Waals surface area contributed by atoms with Gasteiger partial charge in [0, 0.05) is 38.4 Å². The number of hydrogen-bond donors (Lipinski definition) is 2. The fourth-order valence-electron chi connectivity index (χ4n) is 3.55. The van der Waals surface area contributed by atoms with Crippen molar-refractivity contribution in [2.45, 2.75) is 59.4 Å². The van der Waals surface area contributed by atoms with Gasteiger partial charge in [0.15, 0.2) is 5.96 Å². The van der Waals surface area contributed by atoms with Crippen LogP contribution in [0, 0.1) is 25.7 Å². The van der Waals surface area contributed by atoms with E-state index in [4.69, 9.17) is 0 Å². The summed E-state index contributed by atoms with van der Waals surface area (Å²) in [6.07, 6.45) is 6.83. The molecule has 1 aromatic heterocycles. The van der Waals surface area contributed by atoms with Crippen molar-refractivity contribution in [2.24, 2.45) is 23.9 Å².